The second kappa shape index (κ2) is 9.64. The lowest BCUT2D eigenvalue weighted by atomic mass is 10.1. The number of ether oxygens (including phenoxy) is 1. The average Bonchev–Trinajstić information content (AvgIpc) is 2.24. The third kappa shape index (κ3) is 8.72. The van der Waals surface area contributed by atoms with Crippen molar-refractivity contribution in [3.63, 3.8) is 0 Å². The van der Waals surface area contributed by atoms with Gasteiger partial charge in [-0.2, -0.15) is 0 Å². The maximum Gasteiger partial charge on any atom is 0.307 e. The molecule has 0 aromatic heterocycles. The summed E-state index contributed by atoms with van der Waals surface area (Å²) in [6.07, 6.45) is 7.03. The molecular weight excluding hydrogens is 202 g/mol. The smallest absolute Gasteiger partial charge is 0.307 e. The van der Waals surface area contributed by atoms with Gasteiger partial charge in [-0.25, -0.2) is 0 Å². The van der Waals surface area contributed by atoms with Crippen molar-refractivity contribution in [2.75, 3.05) is 0 Å². The highest BCUT2D eigenvalue weighted by molar-refractivity contribution is 5.70. The van der Waals surface area contributed by atoms with Gasteiger partial charge >= 0.3 is 5.97 Å². The first-order chi connectivity index (χ1) is 7.60. The Hall–Kier alpha value is -0.570. The van der Waals surface area contributed by atoms with Gasteiger partial charge in [0.05, 0.1) is 12.5 Å². The molecule has 3 nitrogen and oxygen atoms in total. The molecule has 0 aliphatic rings. The Morgan fingerprint density at radius 1 is 1.25 bits per heavy atom. The fourth-order valence-corrected chi connectivity index (χ4v) is 1.55. The van der Waals surface area contributed by atoms with Gasteiger partial charge < -0.3 is 10.5 Å². The summed E-state index contributed by atoms with van der Waals surface area (Å²) in [5, 5.41) is 0. The largest absolute Gasteiger partial charge is 0.463 e. The zero-order chi connectivity index (χ0) is 12.4. The highest BCUT2D eigenvalue weighted by Crippen LogP contribution is 2.09. The van der Waals surface area contributed by atoms with E-state index in [0.717, 1.165) is 19.3 Å². The standard InChI is InChI=1S/C13H27NO2/c1-4-6-7-8-9-11(3)16-13(15)10-12(14)5-2/h11-12H,4-10,14H2,1-3H3. The molecule has 0 aromatic carbocycles. The Labute approximate surface area is 99.7 Å². The molecule has 2 atom stereocenters. The predicted octanol–water partition coefficient (Wildman–Crippen LogP) is 3.02. The number of rotatable bonds is 9. The summed E-state index contributed by atoms with van der Waals surface area (Å²) in [4.78, 5) is 11.4. The van der Waals surface area contributed by atoms with Crippen LogP contribution in [-0.4, -0.2) is 18.1 Å². The summed E-state index contributed by atoms with van der Waals surface area (Å²) in [6.45, 7) is 6.13. The molecule has 0 heterocycles. The molecule has 0 bridgehead atoms. The van der Waals surface area contributed by atoms with Gasteiger partial charge in [-0.15, -0.1) is 0 Å². The quantitative estimate of drug-likeness (QED) is 0.488. The van der Waals surface area contributed by atoms with E-state index in [9.17, 15) is 4.79 Å². The van der Waals surface area contributed by atoms with Crippen molar-refractivity contribution in [3.05, 3.63) is 0 Å². The lowest BCUT2D eigenvalue weighted by Gasteiger charge is -2.14. The Bertz CT molecular complexity index is 183. The SMILES string of the molecule is CCCCCCC(C)OC(=O)CC(N)CC. The van der Waals surface area contributed by atoms with E-state index in [2.05, 4.69) is 6.92 Å². The molecule has 0 fully saturated rings. The van der Waals surface area contributed by atoms with E-state index >= 15 is 0 Å². The van der Waals surface area contributed by atoms with Crippen molar-refractivity contribution in [2.45, 2.75) is 77.9 Å². The molecule has 0 saturated carbocycles. The highest BCUT2D eigenvalue weighted by Gasteiger charge is 2.12. The van der Waals surface area contributed by atoms with Crippen molar-refractivity contribution >= 4 is 5.97 Å². The molecule has 0 aliphatic heterocycles. The van der Waals surface area contributed by atoms with Crippen LogP contribution in [-0.2, 0) is 9.53 Å². The molecule has 0 amide bonds. The molecule has 2 unspecified atom stereocenters. The first-order valence-corrected chi connectivity index (χ1v) is 6.55. The molecule has 2 N–H and O–H groups in total. The number of esters is 1. The number of carbonyl (C=O) groups is 1. The summed E-state index contributed by atoms with van der Waals surface area (Å²) >= 11 is 0. The predicted molar refractivity (Wildman–Crippen MR) is 67.2 cm³/mol. The number of nitrogens with two attached hydrogens (primary N) is 1. The molecule has 96 valence electrons. The van der Waals surface area contributed by atoms with Crippen LogP contribution in [0.5, 0.6) is 0 Å². The van der Waals surface area contributed by atoms with Crippen LogP contribution in [0.4, 0.5) is 0 Å². The zero-order valence-corrected chi connectivity index (χ0v) is 11.0. The van der Waals surface area contributed by atoms with Crippen molar-refractivity contribution < 1.29 is 9.53 Å². The first-order valence-electron chi connectivity index (χ1n) is 6.55. The van der Waals surface area contributed by atoms with Crippen LogP contribution in [0, 0.1) is 0 Å². The fraction of sp³-hybridized carbons (Fsp3) is 0.923. The van der Waals surface area contributed by atoms with Crippen LogP contribution >= 0.6 is 0 Å². The van der Waals surface area contributed by atoms with E-state index < -0.39 is 0 Å². The van der Waals surface area contributed by atoms with E-state index in [0.29, 0.717) is 6.42 Å². The molecule has 0 spiro atoms. The molecule has 0 radical (unpaired) electrons. The molecule has 0 aromatic rings. The fourth-order valence-electron chi connectivity index (χ4n) is 1.55. The van der Waals surface area contributed by atoms with Gasteiger partial charge in [0.25, 0.3) is 0 Å². The number of unbranched alkanes of at least 4 members (excludes halogenated alkanes) is 3. The van der Waals surface area contributed by atoms with Crippen LogP contribution in [0.3, 0.4) is 0 Å². The third-order valence-electron chi connectivity index (χ3n) is 2.75. The van der Waals surface area contributed by atoms with Crippen LogP contribution in [0.1, 0.15) is 65.7 Å². The Morgan fingerprint density at radius 3 is 2.50 bits per heavy atom. The minimum atomic E-state index is -0.155. The maximum atomic E-state index is 11.4. The van der Waals surface area contributed by atoms with Crippen LogP contribution in [0.15, 0.2) is 0 Å². The van der Waals surface area contributed by atoms with Crippen LogP contribution in [0.25, 0.3) is 0 Å². The van der Waals surface area contributed by atoms with E-state index in [1.54, 1.807) is 0 Å². The van der Waals surface area contributed by atoms with Gasteiger partial charge in [-0.3, -0.25) is 4.79 Å². The molecular formula is C13H27NO2. The van der Waals surface area contributed by atoms with Gasteiger partial charge in [0, 0.05) is 6.04 Å². The van der Waals surface area contributed by atoms with Gasteiger partial charge in [-0.1, -0.05) is 33.1 Å². The normalized spacial score (nSPS) is 14.5. The molecule has 3 heteroatoms. The minimum absolute atomic E-state index is 0.0356. The van der Waals surface area contributed by atoms with E-state index in [4.69, 9.17) is 10.5 Å². The third-order valence-corrected chi connectivity index (χ3v) is 2.75. The number of carbonyl (C=O) groups excluding carboxylic acids is 1. The van der Waals surface area contributed by atoms with Crippen LogP contribution < -0.4 is 5.73 Å². The van der Waals surface area contributed by atoms with Crippen molar-refractivity contribution in [1.29, 1.82) is 0 Å². The average molecular weight is 229 g/mol. The number of hydrogen-bond donors (Lipinski definition) is 1. The summed E-state index contributed by atoms with van der Waals surface area (Å²) in [5.41, 5.74) is 5.69. The van der Waals surface area contributed by atoms with Crippen LogP contribution in [0.2, 0.25) is 0 Å². The van der Waals surface area contributed by atoms with Crippen molar-refractivity contribution in [3.8, 4) is 0 Å². The van der Waals surface area contributed by atoms with Gasteiger partial charge in [0.1, 0.15) is 0 Å². The Morgan fingerprint density at radius 2 is 1.94 bits per heavy atom. The summed E-state index contributed by atoms with van der Waals surface area (Å²) in [6, 6.07) is -0.0557. The molecule has 0 rings (SSSR count). The topological polar surface area (TPSA) is 52.3 Å². The van der Waals surface area contributed by atoms with E-state index in [-0.39, 0.29) is 18.1 Å². The molecule has 0 saturated heterocycles. The number of hydrogen-bond acceptors (Lipinski definition) is 3. The lowest BCUT2D eigenvalue weighted by Crippen LogP contribution is -2.25. The van der Waals surface area contributed by atoms with Gasteiger partial charge in [0.2, 0.25) is 0 Å². The monoisotopic (exact) mass is 229 g/mol. The van der Waals surface area contributed by atoms with E-state index in [1.807, 2.05) is 13.8 Å². The van der Waals surface area contributed by atoms with Crippen molar-refractivity contribution in [1.82, 2.24) is 0 Å². The zero-order valence-electron chi connectivity index (χ0n) is 11.0. The second-order valence-corrected chi connectivity index (χ2v) is 4.52. The summed E-state index contributed by atoms with van der Waals surface area (Å²) in [5.74, 6) is -0.155. The maximum absolute atomic E-state index is 11.4. The van der Waals surface area contributed by atoms with E-state index in [1.165, 1.54) is 19.3 Å². The lowest BCUT2D eigenvalue weighted by molar-refractivity contribution is -0.148. The first kappa shape index (κ1) is 15.4. The Kier molecular flexibility index (Phi) is 9.30. The van der Waals surface area contributed by atoms with Gasteiger partial charge in [0.15, 0.2) is 0 Å². The molecule has 0 aliphatic carbocycles. The second-order valence-electron chi connectivity index (χ2n) is 4.52. The minimum Gasteiger partial charge on any atom is -0.463 e. The highest BCUT2D eigenvalue weighted by atomic mass is 16.5. The summed E-state index contributed by atoms with van der Waals surface area (Å²) in [7, 11) is 0. The summed E-state index contributed by atoms with van der Waals surface area (Å²) < 4.78 is 5.28. The van der Waals surface area contributed by atoms with Crippen molar-refractivity contribution in [2.24, 2.45) is 5.73 Å². The molecule has 16 heavy (non-hydrogen) atoms. The Balaban J connectivity index is 3.54. The van der Waals surface area contributed by atoms with Gasteiger partial charge in [-0.05, 0) is 26.2 Å².